The summed E-state index contributed by atoms with van der Waals surface area (Å²) in [5, 5.41) is 15.3. The van der Waals surface area contributed by atoms with Gasteiger partial charge in [0.1, 0.15) is 12.2 Å². The molecule has 126 valence electrons. The lowest BCUT2D eigenvalue weighted by molar-refractivity contribution is -0.385. The molecule has 0 radical (unpaired) electrons. The molecule has 0 amide bonds. The minimum Gasteiger partial charge on any atom is -0.457 e. The molecule has 0 aliphatic carbocycles. The monoisotopic (exact) mass is 357 g/mol. The molecule has 7 nitrogen and oxygen atoms in total. The Morgan fingerprint density at radius 2 is 2.00 bits per heavy atom. The molecule has 3 aromatic rings. The van der Waals surface area contributed by atoms with Crippen LogP contribution < -0.4 is 0 Å². The maximum atomic E-state index is 12.1. The second kappa shape index (κ2) is 7.14. The number of nitro groups is 1. The van der Waals surface area contributed by atoms with Gasteiger partial charge in [-0.05, 0) is 35.9 Å². The normalized spacial score (nSPS) is 10.4. The van der Waals surface area contributed by atoms with Crippen molar-refractivity contribution in [2.75, 3.05) is 0 Å². The molecule has 0 N–H and O–H groups in total. The van der Waals surface area contributed by atoms with Crippen LogP contribution in [0.2, 0.25) is 5.02 Å². The number of hydrogen-bond acceptors (Lipinski definition) is 5. The average Bonchev–Trinajstić information content (AvgIpc) is 3.14. The molecular formula is C17H12ClN3O4. The van der Waals surface area contributed by atoms with Crippen molar-refractivity contribution in [3.05, 3.63) is 87.2 Å². The van der Waals surface area contributed by atoms with E-state index >= 15 is 0 Å². The Morgan fingerprint density at radius 1 is 1.24 bits per heavy atom. The van der Waals surface area contributed by atoms with Crippen molar-refractivity contribution in [3.8, 4) is 5.69 Å². The molecular weight excluding hydrogens is 346 g/mol. The third-order valence-electron chi connectivity index (χ3n) is 3.45. The SMILES string of the molecule is O=C(OCc1ccc(-n2cccn2)cc1)c1ccc(Cl)cc1[N+](=O)[O-]. The molecule has 25 heavy (non-hydrogen) atoms. The molecule has 0 atom stereocenters. The Kier molecular flexibility index (Phi) is 4.76. The topological polar surface area (TPSA) is 87.3 Å². The summed E-state index contributed by atoms with van der Waals surface area (Å²) in [6.07, 6.45) is 3.49. The van der Waals surface area contributed by atoms with Gasteiger partial charge in [0.25, 0.3) is 5.69 Å². The van der Waals surface area contributed by atoms with Crippen LogP contribution in [0.4, 0.5) is 5.69 Å². The Morgan fingerprint density at radius 3 is 2.64 bits per heavy atom. The third kappa shape index (κ3) is 3.84. The van der Waals surface area contributed by atoms with E-state index in [0.29, 0.717) is 0 Å². The van der Waals surface area contributed by atoms with Gasteiger partial charge in [-0.1, -0.05) is 23.7 Å². The van der Waals surface area contributed by atoms with Gasteiger partial charge in [-0.15, -0.1) is 0 Å². The zero-order valence-corrected chi connectivity index (χ0v) is 13.6. The molecule has 1 aromatic heterocycles. The number of carbonyl (C=O) groups is 1. The Hall–Kier alpha value is -3.19. The minimum atomic E-state index is -0.778. The zero-order chi connectivity index (χ0) is 17.8. The minimum absolute atomic E-state index is 0.00198. The van der Waals surface area contributed by atoms with Crippen LogP contribution in [0.1, 0.15) is 15.9 Å². The number of aromatic nitrogens is 2. The van der Waals surface area contributed by atoms with Crippen molar-refractivity contribution in [1.82, 2.24) is 9.78 Å². The summed E-state index contributed by atoms with van der Waals surface area (Å²) < 4.78 is 6.87. The van der Waals surface area contributed by atoms with Crippen molar-refractivity contribution < 1.29 is 14.5 Å². The van der Waals surface area contributed by atoms with Gasteiger partial charge >= 0.3 is 5.97 Å². The quantitative estimate of drug-likeness (QED) is 0.394. The van der Waals surface area contributed by atoms with E-state index < -0.39 is 10.9 Å². The van der Waals surface area contributed by atoms with E-state index in [4.69, 9.17) is 16.3 Å². The van der Waals surface area contributed by atoms with E-state index in [9.17, 15) is 14.9 Å². The standard InChI is InChI=1S/C17H12ClN3O4/c18-13-4-7-15(16(10-13)21(23)24)17(22)25-11-12-2-5-14(6-3-12)20-9-1-8-19-20/h1-10H,11H2. The maximum Gasteiger partial charge on any atom is 0.345 e. The summed E-state index contributed by atoms with van der Waals surface area (Å²) >= 11 is 5.73. The molecule has 2 aromatic carbocycles. The van der Waals surface area contributed by atoms with E-state index in [1.807, 2.05) is 24.4 Å². The van der Waals surface area contributed by atoms with Gasteiger partial charge in [0, 0.05) is 23.5 Å². The summed E-state index contributed by atoms with van der Waals surface area (Å²) in [5.74, 6) is -0.778. The number of nitro benzene ring substituents is 1. The largest absolute Gasteiger partial charge is 0.457 e. The number of ether oxygens (including phenoxy) is 1. The van der Waals surface area contributed by atoms with Crippen molar-refractivity contribution in [2.45, 2.75) is 6.61 Å². The molecule has 3 rings (SSSR count). The average molecular weight is 358 g/mol. The van der Waals surface area contributed by atoms with Crippen LogP contribution in [0.5, 0.6) is 0 Å². The number of benzene rings is 2. The summed E-state index contributed by atoms with van der Waals surface area (Å²) in [6.45, 7) is -0.00198. The van der Waals surface area contributed by atoms with Crippen molar-refractivity contribution in [3.63, 3.8) is 0 Å². The second-order valence-electron chi connectivity index (χ2n) is 5.11. The molecule has 0 aliphatic heterocycles. The first-order valence-electron chi connectivity index (χ1n) is 7.24. The highest BCUT2D eigenvalue weighted by molar-refractivity contribution is 6.31. The van der Waals surface area contributed by atoms with Crippen LogP contribution >= 0.6 is 11.6 Å². The maximum absolute atomic E-state index is 12.1. The highest BCUT2D eigenvalue weighted by atomic mass is 35.5. The van der Waals surface area contributed by atoms with Crippen LogP contribution in [-0.4, -0.2) is 20.7 Å². The first-order chi connectivity index (χ1) is 12.0. The van der Waals surface area contributed by atoms with Crippen molar-refractivity contribution in [1.29, 1.82) is 0 Å². The van der Waals surface area contributed by atoms with Crippen LogP contribution in [-0.2, 0) is 11.3 Å². The molecule has 0 aliphatic rings. The van der Waals surface area contributed by atoms with Crippen molar-refractivity contribution in [2.24, 2.45) is 0 Å². The van der Waals surface area contributed by atoms with Gasteiger partial charge in [0.2, 0.25) is 0 Å². The Labute approximate surface area is 147 Å². The van der Waals surface area contributed by atoms with E-state index in [-0.39, 0.29) is 22.9 Å². The van der Waals surface area contributed by atoms with E-state index in [0.717, 1.165) is 17.3 Å². The molecule has 0 spiro atoms. The summed E-state index contributed by atoms with van der Waals surface area (Å²) in [6, 6.07) is 12.9. The number of rotatable bonds is 5. The molecule has 1 heterocycles. The first kappa shape index (κ1) is 16.7. The Balaban J connectivity index is 1.69. The van der Waals surface area contributed by atoms with Crippen LogP contribution in [0.15, 0.2) is 60.9 Å². The smallest absolute Gasteiger partial charge is 0.345 e. The molecule has 0 fully saturated rings. The fraction of sp³-hybridized carbons (Fsp3) is 0.0588. The summed E-state index contributed by atoms with van der Waals surface area (Å²) in [7, 11) is 0. The van der Waals surface area contributed by atoms with Gasteiger partial charge in [0.05, 0.1) is 10.6 Å². The first-order valence-corrected chi connectivity index (χ1v) is 7.62. The van der Waals surface area contributed by atoms with Crippen LogP contribution in [0.3, 0.4) is 0 Å². The fourth-order valence-electron chi connectivity index (χ4n) is 2.22. The highest BCUT2D eigenvalue weighted by Crippen LogP contribution is 2.24. The van der Waals surface area contributed by atoms with Gasteiger partial charge < -0.3 is 4.74 Å². The number of hydrogen-bond donors (Lipinski definition) is 0. The molecule has 0 saturated heterocycles. The van der Waals surface area contributed by atoms with Crippen LogP contribution in [0.25, 0.3) is 5.69 Å². The fourth-order valence-corrected chi connectivity index (χ4v) is 2.39. The third-order valence-corrected chi connectivity index (χ3v) is 3.69. The lowest BCUT2D eigenvalue weighted by atomic mass is 10.2. The van der Waals surface area contributed by atoms with Gasteiger partial charge in [-0.3, -0.25) is 10.1 Å². The van der Waals surface area contributed by atoms with Crippen LogP contribution in [0, 0.1) is 10.1 Å². The van der Waals surface area contributed by atoms with Gasteiger partial charge in [-0.2, -0.15) is 5.10 Å². The zero-order valence-electron chi connectivity index (χ0n) is 12.8. The van der Waals surface area contributed by atoms with Crippen molar-refractivity contribution >= 4 is 23.3 Å². The predicted octanol–water partition coefficient (Wildman–Crippen LogP) is 3.79. The second-order valence-corrected chi connectivity index (χ2v) is 5.55. The summed E-state index contributed by atoms with van der Waals surface area (Å²) in [5.41, 5.74) is 1.10. The summed E-state index contributed by atoms with van der Waals surface area (Å²) in [4.78, 5) is 22.5. The van der Waals surface area contributed by atoms with E-state index in [1.54, 1.807) is 23.0 Å². The number of halogens is 1. The number of nitrogens with zero attached hydrogens (tertiary/aromatic N) is 3. The number of esters is 1. The van der Waals surface area contributed by atoms with Gasteiger partial charge in [0.15, 0.2) is 0 Å². The van der Waals surface area contributed by atoms with E-state index in [2.05, 4.69) is 5.10 Å². The lowest BCUT2D eigenvalue weighted by Crippen LogP contribution is -2.08. The van der Waals surface area contributed by atoms with E-state index in [1.165, 1.54) is 12.1 Å². The highest BCUT2D eigenvalue weighted by Gasteiger charge is 2.21. The number of carbonyl (C=O) groups excluding carboxylic acids is 1. The van der Waals surface area contributed by atoms with Gasteiger partial charge in [-0.25, -0.2) is 9.48 Å². The molecule has 0 unspecified atom stereocenters. The lowest BCUT2D eigenvalue weighted by Gasteiger charge is -2.07. The predicted molar refractivity (Wildman–Crippen MR) is 90.8 cm³/mol. The molecule has 0 bridgehead atoms. The molecule has 8 heteroatoms. The molecule has 0 saturated carbocycles. The Bertz CT molecular complexity index is 908.